The molecule has 0 saturated carbocycles. The van der Waals surface area contributed by atoms with Crippen LogP contribution >= 0.6 is 11.6 Å². The molecule has 138 valence electrons. The van der Waals surface area contributed by atoms with Crippen LogP contribution in [0, 0.1) is 5.82 Å². The van der Waals surface area contributed by atoms with Crippen molar-refractivity contribution in [3.8, 4) is 11.5 Å². The molecule has 1 aromatic carbocycles. The lowest BCUT2D eigenvalue weighted by molar-refractivity contribution is -0.00187. The number of aromatic hydroxyl groups is 1. The van der Waals surface area contributed by atoms with Gasteiger partial charge in [-0.05, 0) is 39.0 Å². The van der Waals surface area contributed by atoms with Gasteiger partial charge in [0.15, 0.2) is 11.4 Å². The first-order valence-electron chi connectivity index (χ1n) is 7.67. The van der Waals surface area contributed by atoms with E-state index in [2.05, 4.69) is 10.1 Å². The second kappa shape index (κ2) is 7.70. The Kier molecular flexibility index (Phi) is 5.82. The molecule has 1 N–H and O–H groups in total. The number of carbonyl (C=O) groups excluding carboxylic acids is 1. The molecule has 0 aliphatic heterocycles. The fourth-order valence-electron chi connectivity index (χ4n) is 1.87. The molecule has 1 aromatic heterocycles. The maximum absolute atomic E-state index is 13.4. The minimum atomic E-state index is -0.833. The molecule has 0 atom stereocenters. The predicted molar refractivity (Wildman–Crippen MR) is 95.3 cm³/mol. The summed E-state index contributed by atoms with van der Waals surface area (Å²) in [6.45, 7) is 7.02. The Morgan fingerprint density at radius 1 is 1.35 bits per heavy atom. The highest BCUT2D eigenvalue weighted by molar-refractivity contribution is 6.31. The summed E-state index contributed by atoms with van der Waals surface area (Å²) in [6, 6.07) is 4.89. The van der Waals surface area contributed by atoms with Crippen LogP contribution in [0.2, 0.25) is 5.02 Å². The first-order valence-corrected chi connectivity index (χ1v) is 8.04. The second-order valence-corrected chi connectivity index (χ2v) is 6.79. The number of carbonyl (C=O) groups is 1. The molecule has 0 unspecified atom stereocenters. The van der Waals surface area contributed by atoms with E-state index in [9.17, 15) is 14.3 Å². The van der Waals surface area contributed by atoms with Crippen molar-refractivity contribution in [2.24, 2.45) is 5.16 Å². The van der Waals surface area contributed by atoms with E-state index < -0.39 is 23.0 Å². The quantitative estimate of drug-likeness (QED) is 0.369. The van der Waals surface area contributed by atoms with Gasteiger partial charge in [0.1, 0.15) is 17.2 Å². The van der Waals surface area contributed by atoms with Gasteiger partial charge in [-0.2, -0.15) is 0 Å². The molecular formula is C18H18ClFN2O4. The van der Waals surface area contributed by atoms with Gasteiger partial charge >= 0.3 is 0 Å². The Balaban J connectivity index is 2.35. The van der Waals surface area contributed by atoms with E-state index in [0.717, 1.165) is 12.1 Å². The zero-order valence-corrected chi connectivity index (χ0v) is 15.5. The van der Waals surface area contributed by atoms with Gasteiger partial charge in [0.25, 0.3) is 0 Å². The van der Waals surface area contributed by atoms with Crippen LogP contribution in [0.3, 0.4) is 0 Å². The monoisotopic (exact) mass is 380 g/mol. The van der Waals surface area contributed by atoms with Gasteiger partial charge in [-0.15, -0.1) is 0 Å². The normalized spacial score (nSPS) is 12.0. The Bertz CT molecular complexity index is 863. The standard InChI is InChI=1S/C18H18ClFN2O4/c1-10(22-26-18(2,3)4)25-15-6-5-7-21-16(15)17(24)11-8-12(19)13(20)9-14(11)23/h5-9,23H,1-4H3. The zero-order chi connectivity index (χ0) is 19.5. The molecule has 0 aliphatic rings. The number of pyridine rings is 1. The maximum atomic E-state index is 13.4. The van der Waals surface area contributed by atoms with Crippen molar-refractivity contribution in [3.63, 3.8) is 0 Å². The van der Waals surface area contributed by atoms with Crippen LogP contribution < -0.4 is 4.74 Å². The summed E-state index contributed by atoms with van der Waals surface area (Å²) in [5, 5.41) is 13.4. The van der Waals surface area contributed by atoms with Crippen molar-refractivity contribution in [2.75, 3.05) is 0 Å². The maximum Gasteiger partial charge on any atom is 0.228 e. The summed E-state index contributed by atoms with van der Waals surface area (Å²) in [4.78, 5) is 21.9. The van der Waals surface area contributed by atoms with Crippen LogP contribution in [0.25, 0.3) is 0 Å². The van der Waals surface area contributed by atoms with E-state index in [1.54, 1.807) is 13.0 Å². The number of rotatable bonds is 4. The molecule has 2 rings (SSSR count). The van der Waals surface area contributed by atoms with Crippen molar-refractivity contribution in [2.45, 2.75) is 33.3 Å². The van der Waals surface area contributed by atoms with Gasteiger partial charge in [-0.1, -0.05) is 16.8 Å². The number of aromatic nitrogens is 1. The van der Waals surface area contributed by atoms with Gasteiger partial charge in [-0.3, -0.25) is 4.79 Å². The highest BCUT2D eigenvalue weighted by atomic mass is 35.5. The SMILES string of the molecule is CC(=NOC(C)(C)C)Oc1cccnc1C(=O)c1cc(Cl)c(F)cc1O. The van der Waals surface area contributed by atoms with Gasteiger partial charge in [0.2, 0.25) is 11.7 Å². The number of benzene rings is 1. The number of ketones is 1. The molecule has 0 saturated heterocycles. The Morgan fingerprint density at radius 3 is 2.69 bits per heavy atom. The summed E-state index contributed by atoms with van der Waals surface area (Å²) in [5.74, 6) is -1.79. The van der Waals surface area contributed by atoms with Crippen LogP contribution in [-0.4, -0.2) is 27.4 Å². The summed E-state index contributed by atoms with van der Waals surface area (Å²) >= 11 is 5.70. The number of ether oxygens (including phenoxy) is 1. The molecule has 8 heteroatoms. The summed E-state index contributed by atoms with van der Waals surface area (Å²) in [6.07, 6.45) is 1.39. The fourth-order valence-corrected chi connectivity index (χ4v) is 2.03. The number of hydrogen-bond donors (Lipinski definition) is 1. The number of halogens is 2. The molecule has 0 bridgehead atoms. The predicted octanol–water partition coefficient (Wildman–Crippen LogP) is 4.34. The van der Waals surface area contributed by atoms with Crippen molar-refractivity contribution in [1.29, 1.82) is 0 Å². The van der Waals surface area contributed by atoms with Gasteiger partial charge in [0, 0.05) is 19.2 Å². The average molecular weight is 381 g/mol. The molecule has 2 aromatic rings. The number of phenolic OH excluding ortho intramolecular Hbond substituents is 1. The van der Waals surface area contributed by atoms with E-state index in [4.69, 9.17) is 21.2 Å². The van der Waals surface area contributed by atoms with Gasteiger partial charge < -0.3 is 14.7 Å². The summed E-state index contributed by atoms with van der Waals surface area (Å²) in [5.41, 5.74) is -0.786. The molecule has 0 aliphatic carbocycles. The smallest absolute Gasteiger partial charge is 0.228 e. The third-order valence-electron chi connectivity index (χ3n) is 2.97. The number of phenols is 1. The average Bonchev–Trinajstić information content (AvgIpc) is 2.55. The highest BCUT2D eigenvalue weighted by Gasteiger charge is 2.22. The number of nitrogens with zero attached hydrogens (tertiary/aromatic N) is 2. The molecule has 6 nitrogen and oxygen atoms in total. The first-order chi connectivity index (χ1) is 12.1. The molecule has 26 heavy (non-hydrogen) atoms. The van der Waals surface area contributed by atoms with E-state index in [1.807, 2.05) is 20.8 Å². The number of oxime groups is 1. The van der Waals surface area contributed by atoms with Gasteiger partial charge in [0.05, 0.1) is 10.6 Å². The van der Waals surface area contributed by atoms with Crippen molar-refractivity contribution < 1.29 is 23.9 Å². The zero-order valence-electron chi connectivity index (χ0n) is 14.7. The largest absolute Gasteiger partial charge is 0.507 e. The molecule has 0 spiro atoms. The van der Waals surface area contributed by atoms with Crippen LogP contribution in [0.4, 0.5) is 4.39 Å². The van der Waals surface area contributed by atoms with Crippen LogP contribution in [0.15, 0.2) is 35.6 Å². The van der Waals surface area contributed by atoms with Crippen LogP contribution in [0.1, 0.15) is 43.7 Å². The third kappa shape index (κ3) is 4.92. The molecule has 0 radical (unpaired) electrons. The molecule has 0 amide bonds. The Labute approximate surface area is 155 Å². The fraction of sp³-hybridized carbons (Fsp3) is 0.278. The summed E-state index contributed by atoms with van der Waals surface area (Å²) < 4.78 is 18.9. The van der Waals surface area contributed by atoms with E-state index in [0.29, 0.717) is 0 Å². The number of hydrogen-bond acceptors (Lipinski definition) is 6. The minimum absolute atomic E-state index is 0.0872. The third-order valence-corrected chi connectivity index (χ3v) is 3.26. The molecular weight excluding hydrogens is 363 g/mol. The van der Waals surface area contributed by atoms with Crippen LogP contribution in [-0.2, 0) is 4.84 Å². The first kappa shape index (κ1) is 19.7. The molecule has 1 heterocycles. The topological polar surface area (TPSA) is 81.0 Å². The van der Waals surface area contributed by atoms with E-state index in [-0.39, 0.29) is 27.9 Å². The van der Waals surface area contributed by atoms with Crippen LogP contribution in [0.5, 0.6) is 11.5 Å². The lowest BCUT2D eigenvalue weighted by atomic mass is 10.1. The van der Waals surface area contributed by atoms with Gasteiger partial charge in [-0.25, -0.2) is 9.37 Å². The van der Waals surface area contributed by atoms with E-state index >= 15 is 0 Å². The molecule has 0 fully saturated rings. The van der Waals surface area contributed by atoms with Crippen molar-refractivity contribution in [1.82, 2.24) is 4.98 Å². The minimum Gasteiger partial charge on any atom is -0.507 e. The Morgan fingerprint density at radius 2 is 2.04 bits per heavy atom. The van der Waals surface area contributed by atoms with Crippen molar-refractivity contribution >= 4 is 23.3 Å². The lowest BCUT2D eigenvalue weighted by Crippen LogP contribution is -2.18. The highest BCUT2D eigenvalue weighted by Crippen LogP contribution is 2.29. The lowest BCUT2D eigenvalue weighted by Gasteiger charge is -2.16. The van der Waals surface area contributed by atoms with E-state index in [1.165, 1.54) is 12.3 Å². The van der Waals surface area contributed by atoms with Crippen molar-refractivity contribution in [3.05, 3.63) is 52.6 Å². The Hall–Kier alpha value is -2.67. The second-order valence-electron chi connectivity index (χ2n) is 6.38. The summed E-state index contributed by atoms with van der Waals surface area (Å²) in [7, 11) is 0.